The molecule has 1 fully saturated rings. The van der Waals surface area contributed by atoms with Crippen LogP contribution >= 0.6 is 11.3 Å². The maximum absolute atomic E-state index is 12.3. The number of hydrogen-bond donors (Lipinski definition) is 2. The first-order valence-electron chi connectivity index (χ1n) is 8.11. The van der Waals surface area contributed by atoms with E-state index >= 15 is 0 Å². The number of carbonyl (C=O) groups is 3. The summed E-state index contributed by atoms with van der Waals surface area (Å²) in [6.07, 6.45) is 1.02. The maximum Gasteiger partial charge on any atom is 0.279 e. The topological polar surface area (TPSA) is 78.5 Å². The molecule has 3 rings (SSSR count). The lowest BCUT2D eigenvalue weighted by atomic mass is 10.1. The molecule has 3 amide bonds. The van der Waals surface area contributed by atoms with Crippen LogP contribution in [-0.2, 0) is 16.0 Å². The van der Waals surface area contributed by atoms with Gasteiger partial charge in [0.2, 0.25) is 11.8 Å². The maximum atomic E-state index is 12.3. The SMILES string of the molecule is CCc1cccc(N2CC(C(=O)NNC(=O)c3cccs3)CC2=O)c1. The van der Waals surface area contributed by atoms with E-state index < -0.39 is 5.92 Å². The zero-order valence-electron chi connectivity index (χ0n) is 13.8. The summed E-state index contributed by atoms with van der Waals surface area (Å²) in [6.45, 7) is 2.37. The number of amides is 3. The Labute approximate surface area is 149 Å². The van der Waals surface area contributed by atoms with Crippen molar-refractivity contribution in [3.8, 4) is 0 Å². The first-order chi connectivity index (χ1) is 12.1. The fourth-order valence-corrected chi connectivity index (χ4v) is 3.39. The molecule has 1 saturated heterocycles. The number of anilines is 1. The summed E-state index contributed by atoms with van der Waals surface area (Å²) in [5, 5.41) is 1.79. The van der Waals surface area contributed by atoms with E-state index in [0.29, 0.717) is 11.4 Å². The van der Waals surface area contributed by atoms with Gasteiger partial charge in [0.05, 0.1) is 10.8 Å². The number of nitrogens with one attached hydrogen (secondary N) is 2. The lowest BCUT2D eigenvalue weighted by molar-refractivity contribution is -0.126. The van der Waals surface area contributed by atoms with Gasteiger partial charge in [-0.1, -0.05) is 25.1 Å². The largest absolute Gasteiger partial charge is 0.312 e. The number of nitrogens with zero attached hydrogens (tertiary/aromatic N) is 1. The van der Waals surface area contributed by atoms with Crippen molar-refractivity contribution in [1.82, 2.24) is 10.9 Å². The van der Waals surface area contributed by atoms with Crippen molar-refractivity contribution in [2.75, 3.05) is 11.4 Å². The lowest BCUT2D eigenvalue weighted by Crippen LogP contribution is -2.44. The van der Waals surface area contributed by atoms with Gasteiger partial charge in [-0.3, -0.25) is 25.2 Å². The number of rotatable bonds is 4. The van der Waals surface area contributed by atoms with Crippen LogP contribution in [0.5, 0.6) is 0 Å². The van der Waals surface area contributed by atoms with Gasteiger partial charge >= 0.3 is 0 Å². The van der Waals surface area contributed by atoms with E-state index in [1.54, 1.807) is 22.4 Å². The summed E-state index contributed by atoms with van der Waals surface area (Å²) >= 11 is 1.29. The minimum atomic E-state index is -0.485. The summed E-state index contributed by atoms with van der Waals surface area (Å²) in [6, 6.07) is 11.2. The van der Waals surface area contributed by atoms with Gasteiger partial charge in [-0.2, -0.15) is 0 Å². The van der Waals surface area contributed by atoms with E-state index in [1.807, 2.05) is 24.3 Å². The molecule has 0 radical (unpaired) electrons. The van der Waals surface area contributed by atoms with Gasteiger partial charge in [0.15, 0.2) is 0 Å². The molecule has 1 aromatic carbocycles. The van der Waals surface area contributed by atoms with Gasteiger partial charge in [0.1, 0.15) is 0 Å². The van der Waals surface area contributed by atoms with Gasteiger partial charge in [-0.25, -0.2) is 0 Å². The molecule has 2 aromatic rings. The molecule has 1 aliphatic heterocycles. The molecule has 0 saturated carbocycles. The number of hydrazine groups is 1. The Hall–Kier alpha value is -2.67. The third-order valence-electron chi connectivity index (χ3n) is 4.17. The van der Waals surface area contributed by atoms with Crippen molar-refractivity contribution in [1.29, 1.82) is 0 Å². The van der Waals surface area contributed by atoms with Crippen LogP contribution in [0.15, 0.2) is 41.8 Å². The zero-order chi connectivity index (χ0) is 17.8. The van der Waals surface area contributed by atoms with Gasteiger partial charge in [-0.15, -0.1) is 11.3 Å². The summed E-state index contributed by atoms with van der Waals surface area (Å²) in [4.78, 5) is 38.5. The Morgan fingerprint density at radius 1 is 1.24 bits per heavy atom. The van der Waals surface area contributed by atoms with E-state index in [0.717, 1.165) is 17.7 Å². The molecule has 1 aliphatic rings. The summed E-state index contributed by atoms with van der Waals surface area (Å²) in [5.41, 5.74) is 6.76. The number of hydrogen-bond acceptors (Lipinski definition) is 4. The fourth-order valence-electron chi connectivity index (χ4n) is 2.77. The third-order valence-corrected chi connectivity index (χ3v) is 5.04. The average Bonchev–Trinajstić information content (AvgIpc) is 3.29. The van der Waals surface area contributed by atoms with Crippen LogP contribution < -0.4 is 15.8 Å². The lowest BCUT2D eigenvalue weighted by Gasteiger charge is -2.17. The number of aryl methyl sites for hydroxylation is 1. The highest BCUT2D eigenvalue weighted by Crippen LogP contribution is 2.26. The van der Waals surface area contributed by atoms with Crippen molar-refractivity contribution in [3.05, 3.63) is 52.2 Å². The highest BCUT2D eigenvalue weighted by atomic mass is 32.1. The molecule has 25 heavy (non-hydrogen) atoms. The molecular formula is C18H19N3O3S. The van der Waals surface area contributed by atoms with E-state index in [4.69, 9.17) is 0 Å². The molecule has 130 valence electrons. The fraction of sp³-hybridized carbons (Fsp3) is 0.278. The second-order valence-corrected chi connectivity index (χ2v) is 6.80. The summed E-state index contributed by atoms with van der Waals surface area (Å²) in [5.74, 6) is -1.29. The second kappa shape index (κ2) is 7.48. The van der Waals surface area contributed by atoms with Crippen LogP contribution in [0.4, 0.5) is 5.69 Å². The van der Waals surface area contributed by atoms with Gasteiger partial charge in [0, 0.05) is 18.7 Å². The van der Waals surface area contributed by atoms with Gasteiger partial charge in [0.25, 0.3) is 5.91 Å². The third kappa shape index (κ3) is 3.88. The predicted octanol–water partition coefficient (Wildman–Crippen LogP) is 2.12. The Morgan fingerprint density at radius 2 is 2.08 bits per heavy atom. The first kappa shape index (κ1) is 17.2. The molecule has 2 N–H and O–H groups in total. The molecule has 6 nitrogen and oxygen atoms in total. The van der Waals surface area contributed by atoms with Crippen LogP contribution in [0.25, 0.3) is 0 Å². The average molecular weight is 357 g/mol. The summed E-state index contributed by atoms with van der Waals surface area (Å²) < 4.78 is 0. The first-order valence-corrected chi connectivity index (χ1v) is 8.99. The van der Waals surface area contributed by atoms with Crippen LogP contribution in [-0.4, -0.2) is 24.3 Å². The second-order valence-electron chi connectivity index (χ2n) is 5.85. The molecule has 0 aliphatic carbocycles. The number of carbonyl (C=O) groups excluding carboxylic acids is 3. The highest BCUT2D eigenvalue weighted by molar-refractivity contribution is 7.12. The molecule has 0 bridgehead atoms. The Bertz CT molecular complexity index is 789. The molecule has 1 aromatic heterocycles. The minimum absolute atomic E-state index is 0.0852. The standard InChI is InChI=1S/C18H19N3O3S/c1-2-12-5-3-6-14(9-12)21-11-13(10-16(21)22)17(23)19-20-18(24)15-7-4-8-25-15/h3-9,13H,2,10-11H2,1H3,(H,19,23)(H,20,24). The minimum Gasteiger partial charge on any atom is -0.312 e. The highest BCUT2D eigenvalue weighted by Gasteiger charge is 2.35. The normalized spacial score (nSPS) is 16.8. The van der Waals surface area contributed by atoms with Crippen LogP contribution in [0.3, 0.4) is 0 Å². The molecule has 2 heterocycles. The predicted molar refractivity (Wildman–Crippen MR) is 96.2 cm³/mol. The van der Waals surface area contributed by atoms with E-state index in [9.17, 15) is 14.4 Å². The molecule has 1 unspecified atom stereocenters. The van der Waals surface area contributed by atoms with Crippen LogP contribution in [0.2, 0.25) is 0 Å². The van der Waals surface area contributed by atoms with E-state index in [2.05, 4.69) is 17.8 Å². The van der Waals surface area contributed by atoms with Crippen LogP contribution in [0, 0.1) is 5.92 Å². The Balaban J connectivity index is 1.59. The van der Waals surface area contributed by atoms with Crippen molar-refractivity contribution in [2.24, 2.45) is 5.92 Å². The molecule has 7 heteroatoms. The summed E-state index contributed by atoms with van der Waals surface area (Å²) in [7, 11) is 0. The van der Waals surface area contributed by atoms with Crippen molar-refractivity contribution in [2.45, 2.75) is 19.8 Å². The monoisotopic (exact) mass is 357 g/mol. The van der Waals surface area contributed by atoms with Crippen molar-refractivity contribution >= 4 is 34.7 Å². The number of thiophene rings is 1. The van der Waals surface area contributed by atoms with Crippen LogP contribution in [0.1, 0.15) is 28.6 Å². The molecular weight excluding hydrogens is 338 g/mol. The van der Waals surface area contributed by atoms with E-state index in [-0.39, 0.29) is 24.1 Å². The van der Waals surface area contributed by atoms with Crippen molar-refractivity contribution < 1.29 is 14.4 Å². The van der Waals surface area contributed by atoms with Gasteiger partial charge in [-0.05, 0) is 35.6 Å². The molecule has 1 atom stereocenters. The zero-order valence-corrected chi connectivity index (χ0v) is 14.6. The van der Waals surface area contributed by atoms with Crippen molar-refractivity contribution in [3.63, 3.8) is 0 Å². The Morgan fingerprint density at radius 3 is 2.80 bits per heavy atom. The van der Waals surface area contributed by atoms with E-state index in [1.165, 1.54) is 11.3 Å². The molecule has 0 spiro atoms. The number of benzene rings is 1. The smallest absolute Gasteiger partial charge is 0.279 e. The van der Waals surface area contributed by atoms with Gasteiger partial charge < -0.3 is 4.90 Å². The Kier molecular flexibility index (Phi) is 5.14. The quantitative estimate of drug-likeness (QED) is 0.823.